The normalized spacial score (nSPS) is 19.7. The zero-order chi connectivity index (χ0) is 32.5. The summed E-state index contributed by atoms with van der Waals surface area (Å²) in [6.45, 7) is 2.50. The highest BCUT2D eigenvalue weighted by molar-refractivity contribution is 5.97. The standard InChI is InChI=1S/C46H43N3/c1-30-14-13-25-43-44(30)45-36-20-8-11-23-40(36)48(32-16-3-2-4-17-32)46(45)37-21-9-12-24-41(37)49(43)42-29-27-34(33-18-6-7-19-35(33)42)39-28-26-31-15-5-10-22-38(31)47-39/h2-5,8-10,15-17,20-22,26-30H,6-7,11-14,18-19,23-25H2,1H3. The van der Waals surface area contributed by atoms with Crippen molar-refractivity contribution in [1.29, 1.82) is 0 Å². The maximum Gasteiger partial charge on any atom is 0.0712 e. The number of allylic oxidation sites excluding steroid dienone is 7. The number of anilines is 1. The van der Waals surface area contributed by atoms with Crippen LogP contribution in [0.25, 0.3) is 45.1 Å². The molecule has 3 heteroatoms. The van der Waals surface area contributed by atoms with Crippen molar-refractivity contribution in [3.8, 4) is 16.9 Å². The molecule has 0 bridgehead atoms. The molecule has 0 N–H and O–H groups in total. The van der Waals surface area contributed by atoms with E-state index in [1.807, 2.05) is 0 Å². The number of rotatable bonds is 3. The second kappa shape index (κ2) is 11.6. The minimum atomic E-state index is 0.498. The molecule has 49 heavy (non-hydrogen) atoms. The molecule has 4 aliphatic carbocycles. The molecule has 3 aromatic carbocycles. The number of aromatic nitrogens is 2. The molecule has 0 radical (unpaired) electrons. The lowest BCUT2D eigenvalue weighted by Crippen LogP contribution is -2.28. The van der Waals surface area contributed by atoms with Crippen LogP contribution in [0.1, 0.15) is 91.9 Å². The molecular weight excluding hydrogens is 595 g/mol. The summed E-state index contributed by atoms with van der Waals surface area (Å²) in [6, 6.07) is 29.1. The monoisotopic (exact) mass is 637 g/mol. The van der Waals surface area contributed by atoms with Crippen molar-refractivity contribution in [2.75, 3.05) is 4.90 Å². The Kier molecular flexibility index (Phi) is 6.89. The first kappa shape index (κ1) is 29.1. The van der Waals surface area contributed by atoms with Crippen molar-refractivity contribution in [3.63, 3.8) is 0 Å². The van der Waals surface area contributed by atoms with Crippen molar-refractivity contribution in [2.24, 2.45) is 5.92 Å². The lowest BCUT2D eigenvalue weighted by atomic mass is 9.80. The van der Waals surface area contributed by atoms with Gasteiger partial charge in [0.15, 0.2) is 0 Å². The van der Waals surface area contributed by atoms with E-state index >= 15 is 0 Å². The van der Waals surface area contributed by atoms with E-state index in [0.717, 1.165) is 56.2 Å². The largest absolute Gasteiger partial charge is 0.317 e. The topological polar surface area (TPSA) is 21.1 Å². The first-order valence-electron chi connectivity index (χ1n) is 18.7. The van der Waals surface area contributed by atoms with Gasteiger partial charge in [0, 0.05) is 56.1 Å². The first-order valence-corrected chi connectivity index (χ1v) is 18.7. The van der Waals surface area contributed by atoms with E-state index < -0.39 is 0 Å². The molecule has 3 nitrogen and oxygen atoms in total. The molecule has 0 fully saturated rings. The SMILES string of the molecule is CC1CCCC2=C1c1c3c(n(-c4ccccc4)c1C1=C(CCC=C1)N2c1ccc(-c2ccc4ccccc4n2)c2c1CCCC2)CCC=C3. The second-order valence-corrected chi connectivity index (χ2v) is 14.7. The van der Waals surface area contributed by atoms with Gasteiger partial charge in [-0.2, -0.15) is 0 Å². The number of pyridine rings is 1. The van der Waals surface area contributed by atoms with E-state index in [1.54, 1.807) is 16.8 Å². The van der Waals surface area contributed by atoms with Gasteiger partial charge in [0.1, 0.15) is 0 Å². The van der Waals surface area contributed by atoms with E-state index in [1.165, 1.54) is 87.4 Å². The fourth-order valence-corrected chi connectivity index (χ4v) is 9.71. The van der Waals surface area contributed by atoms with Gasteiger partial charge in [-0.15, -0.1) is 0 Å². The molecule has 10 rings (SSSR count). The van der Waals surface area contributed by atoms with Crippen LogP contribution in [0.5, 0.6) is 0 Å². The summed E-state index contributed by atoms with van der Waals surface area (Å²) in [7, 11) is 0. The highest BCUT2D eigenvalue weighted by Crippen LogP contribution is 2.54. The quantitative estimate of drug-likeness (QED) is 0.196. The fourth-order valence-electron chi connectivity index (χ4n) is 9.71. The Hall–Kier alpha value is -4.89. The Bertz CT molecular complexity index is 2270. The fraction of sp³-hybridized carbons (Fsp3) is 0.283. The van der Waals surface area contributed by atoms with Gasteiger partial charge < -0.3 is 9.47 Å². The molecule has 0 amide bonds. The first-order chi connectivity index (χ1) is 24.3. The Morgan fingerprint density at radius 1 is 0.694 bits per heavy atom. The van der Waals surface area contributed by atoms with Gasteiger partial charge in [-0.25, -0.2) is 4.98 Å². The highest BCUT2D eigenvalue weighted by atomic mass is 15.2. The maximum atomic E-state index is 5.20. The van der Waals surface area contributed by atoms with E-state index in [9.17, 15) is 0 Å². The molecule has 0 spiro atoms. The van der Waals surface area contributed by atoms with Crippen LogP contribution in [0.4, 0.5) is 5.69 Å². The number of hydrogen-bond acceptors (Lipinski definition) is 2. The van der Waals surface area contributed by atoms with Gasteiger partial charge in [0.05, 0.1) is 16.9 Å². The van der Waals surface area contributed by atoms with E-state index in [4.69, 9.17) is 4.98 Å². The lowest BCUT2D eigenvalue weighted by molar-refractivity contribution is 0.577. The van der Waals surface area contributed by atoms with Crippen LogP contribution in [0.2, 0.25) is 0 Å². The molecule has 0 saturated heterocycles. The number of para-hydroxylation sites is 2. The van der Waals surface area contributed by atoms with Crippen molar-refractivity contribution in [1.82, 2.24) is 9.55 Å². The molecular formula is C46H43N3. The Labute approximate surface area is 290 Å². The average molecular weight is 638 g/mol. The number of fused-ring (bicyclic) bond motifs is 7. The summed E-state index contributed by atoms with van der Waals surface area (Å²) in [5, 5.41) is 1.20. The third kappa shape index (κ3) is 4.51. The maximum absolute atomic E-state index is 5.20. The average Bonchev–Trinajstić information content (AvgIpc) is 3.43. The molecule has 2 aromatic heterocycles. The summed E-state index contributed by atoms with van der Waals surface area (Å²) >= 11 is 0. The van der Waals surface area contributed by atoms with E-state index in [2.05, 4.69) is 120 Å². The highest BCUT2D eigenvalue weighted by Gasteiger charge is 2.39. The Morgan fingerprint density at radius 2 is 1.51 bits per heavy atom. The summed E-state index contributed by atoms with van der Waals surface area (Å²) in [6.07, 6.45) is 22.4. The molecule has 0 saturated carbocycles. The molecule has 3 heterocycles. The zero-order valence-electron chi connectivity index (χ0n) is 28.5. The minimum absolute atomic E-state index is 0.498. The summed E-state index contributed by atoms with van der Waals surface area (Å²) < 4.78 is 2.65. The van der Waals surface area contributed by atoms with Crippen LogP contribution >= 0.6 is 0 Å². The van der Waals surface area contributed by atoms with Crippen LogP contribution < -0.4 is 4.90 Å². The molecule has 242 valence electrons. The molecule has 1 aliphatic heterocycles. The van der Waals surface area contributed by atoms with Gasteiger partial charge >= 0.3 is 0 Å². The van der Waals surface area contributed by atoms with Crippen LogP contribution in [0, 0.1) is 5.92 Å². The van der Waals surface area contributed by atoms with Crippen molar-refractivity contribution >= 4 is 33.8 Å². The van der Waals surface area contributed by atoms with Crippen LogP contribution in [-0.4, -0.2) is 9.55 Å². The Morgan fingerprint density at radius 3 is 2.43 bits per heavy atom. The minimum Gasteiger partial charge on any atom is -0.317 e. The van der Waals surface area contributed by atoms with E-state index in [0.29, 0.717) is 5.92 Å². The lowest BCUT2D eigenvalue weighted by Gasteiger charge is -2.38. The van der Waals surface area contributed by atoms with Crippen LogP contribution in [0.15, 0.2) is 108 Å². The third-order valence-electron chi connectivity index (χ3n) is 11.8. The second-order valence-electron chi connectivity index (χ2n) is 14.7. The predicted octanol–water partition coefficient (Wildman–Crippen LogP) is 11.6. The van der Waals surface area contributed by atoms with Gasteiger partial charge in [0.25, 0.3) is 0 Å². The van der Waals surface area contributed by atoms with Crippen LogP contribution in [0.3, 0.4) is 0 Å². The summed E-state index contributed by atoms with van der Waals surface area (Å²) in [4.78, 5) is 8.01. The van der Waals surface area contributed by atoms with Gasteiger partial charge in [-0.1, -0.05) is 79.8 Å². The van der Waals surface area contributed by atoms with Crippen molar-refractivity contribution in [2.45, 2.75) is 77.6 Å². The number of benzene rings is 3. The summed E-state index contributed by atoms with van der Waals surface area (Å²) in [5.74, 6) is 0.498. The smallest absolute Gasteiger partial charge is 0.0712 e. The van der Waals surface area contributed by atoms with E-state index in [-0.39, 0.29) is 0 Å². The van der Waals surface area contributed by atoms with Gasteiger partial charge in [-0.3, -0.25) is 0 Å². The molecule has 1 atom stereocenters. The van der Waals surface area contributed by atoms with Crippen LogP contribution in [-0.2, 0) is 19.3 Å². The van der Waals surface area contributed by atoms with Crippen molar-refractivity contribution in [3.05, 3.63) is 142 Å². The van der Waals surface area contributed by atoms with Gasteiger partial charge in [0.2, 0.25) is 0 Å². The molecule has 1 unspecified atom stereocenters. The molecule has 5 aliphatic rings. The predicted molar refractivity (Wildman–Crippen MR) is 205 cm³/mol. The number of hydrogen-bond donors (Lipinski definition) is 0. The zero-order valence-corrected chi connectivity index (χ0v) is 28.5. The molecule has 5 aromatic rings. The third-order valence-corrected chi connectivity index (χ3v) is 11.8. The van der Waals surface area contributed by atoms with Gasteiger partial charge in [-0.05, 0) is 124 Å². The summed E-state index contributed by atoms with van der Waals surface area (Å²) in [5.41, 5.74) is 21.2. The number of nitrogens with zero attached hydrogens (tertiary/aromatic N) is 3. The Balaban J connectivity index is 1.25. The van der Waals surface area contributed by atoms with Crippen molar-refractivity contribution < 1.29 is 0 Å².